The number of aryl methyl sites for hydroxylation is 1. The number of nitrogens with zero attached hydrogens (tertiary/aromatic N) is 1. The van der Waals surface area contributed by atoms with Gasteiger partial charge < -0.3 is 0 Å². The Morgan fingerprint density at radius 2 is 2.26 bits per heavy atom. The van der Waals surface area contributed by atoms with Crippen LogP contribution in [0.25, 0.3) is 0 Å². The molecule has 1 aromatic carbocycles. The van der Waals surface area contributed by atoms with E-state index in [-0.39, 0.29) is 11.9 Å². The number of rotatable bonds is 5. The van der Waals surface area contributed by atoms with Crippen molar-refractivity contribution >= 4 is 27.3 Å². The van der Waals surface area contributed by atoms with E-state index >= 15 is 0 Å². The second-order valence-electron chi connectivity index (χ2n) is 4.37. The Morgan fingerprint density at radius 1 is 1.47 bits per heavy atom. The van der Waals surface area contributed by atoms with Gasteiger partial charge in [0.25, 0.3) is 0 Å². The van der Waals surface area contributed by atoms with Crippen LogP contribution in [0.1, 0.15) is 16.3 Å². The molecule has 0 saturated heterocycles. The van der Waals surface area contributed by atoms with Crippen LogP contribution in [0, 0.1) is 12.7 Å². The second-order valence-corrected chi connectivity index (χ2v) is 6.28. The maximum absolute atomic E-state index is 13.0. The van der Waals surface area contributed by atoms with E-state index in [0.29, 0.717) is 6.42 Å². The molecular weight excluding hydrogens is 329 g/mol. The summed E-state index contributed by atoms with van der Waals surface area (Å²) in [6.45, 7) is 1.98. The number of thiazole rings is 1. The van der Waals surface area contributed by atoms with Crippen molar-refractivity contribution in [3.05, 3.63) is 50.1 Å². The number of hydrogen-bond acceptors (Lipinski definition) is 4. The molecule has 0 saturated carbocycles. The van der Waals surface area contributed by atoms with Crippen LogP contribution in [-0.4, -0.2) is 11.0 Å². The predicted molar refractivity (Wildman–Crippen MR) is 79.5 cm³/mol. The summed E-state index contributed by atoms with van der Waals surface area (Å²) in [5.74, 6) is 5.34. The van der Waals surface area contributed by atoms with Gasteiger partial charge in [0.05, 0.1) is 10.7 Å². The first kappa shape index (κ1) is 14.6. The fourth-order valence-corrected chi connectivity index (χ4v) is 3.04. The molecule has 0 fully saturated rings. The Morgan fingerprint density at radius 3 is 2.84 bits per heavy atom. The van der Waals surface area contributed by atoms with Crippen molar-refractivity contribution in [3.8, 4) is 0 Å². The van der Waals surface area contributed by atoms with Gasteiger partial charge in [-0.2, -0.15) is 0 Å². The summed E-state index contributed by atoms with van der Waals surface area (Å²) in [6, 6.07) is 4.77. The minimum Gasteiger partial charge on any atom is -0.271 e. The summed E-state index contributed by atoms with van der Waals surface area (Å²) in [7, 11) is 0. The summed E-state index contributed by atoms with van der Waals surface area (Å²) < 4.78 is 13.8. The summed E-state index contributed by atoms with van der Waals surface area (Å²) in [6.07, 6.45) is 1.47. The monoisotopic (exact) mass is 343 g/mol. The lowest BCUT2D eigenvalue weighted by atomic mass is 10.0. The average Bonchev–Trinajstić information content (AvgIpc) is 2.77. The number of hydrogen-bond donors (Lipinski definition) is 2. The molecule has 0 bridgehead atoms. The third kappa shape index (κ3) is 4.07. The lowest BCUT2D eigenvalue weighted by molar-refractivity contribution is 0.517. The van der Waals surface area contributed by atoms with Crippen molar-refractivity contribution in [1.29, 1.82) is 0 Å². The molecule has 0 radical (unpaired) electrons. The number of hydrazine groups is 1. The lowest BCUT2D eigenvalue weighted by Crippen LogP contribution is -2.38. The minimum absolute atomic E-state index is 0.0725. The number of nitrogens with one attached hydrogen (secondary N) is 1. The Balaban J connectivity index is 2.06. The number of nitrogens with two attached hydrogens (primary N) is 1. The van der Waals surface area contributed by atoms with Crippen LogP contribution in [0.5, 0.6) is 0 Å². The van der Waals surface area contributed by atoms with Crippen LogP contribution >= 0.6 is 27.3 Å². The van der Waals surface area contributed by atoms with Crippen molar-refractivity contribution < 1.29 is 4.39 Å². The van der Waals surface area contributed by atoms with Crippen molar-refractivity contribution in [3.63, 3.8) is 0 Å². The Kier molecular flexibility index (Phi) is 5.04. The molecule has 3 N–H and O–H groups in total. The summed E-state index contributed by atoms with van der Waals surface area (Å²) in [4.78, 5) is 4.43. The van der Waals surface area contributed by atoms with E-state index < -0.39 is 0 Å². The normalized spacial score (nSPS) is 12.6. The highest BCUT2D eigenvalue weighted by atomic mass is 79.9. The first-order valence-electron chi connectivity index (χ1n) is 5.89. The summed E-state index contributed by atoms with van der Waals surface area (Å²) in [5, 5.41) is 3.09. The SMILES string of the molecule is Cc1nc(CC(Cc2ccc(F)cc2Br)NN)cs1. The van der Waals surface area contributed by atoms with E-state index in [0.717, 1.165) is 27.2 Å². The van der Waals surface area contributed by atoms with Crippen LogP contribution in [-0.2, 0) is 12.8 Å². The van der Waals surface area contributed by atoms with Crippen molar-refractivity contribution in [2.75, 3.05) is 0 Å². The first-order valence-corrected chi connectivity index (χ1v) is 7.57. The van der Waals surface area contributed by atoms with Crippen molar-refractivity contribution in [1.82, 2.24) is 10.4 Å². The first-order chi connectivity index (χ1) is 9.08. The molecule has 0 amide bonds. The van der Waals surface area contributed by atoms with E-state index in [1.165, 1.54) is 12.1 Å². The molecule has 0 aliphatic rings. The smallest absolute Gasteiger partial charge is 0.124 e. The molecule has 1 heterocycles. The highest BCUT2D eigenvalue weighted by Gasteiger charge is 2.13. The number of benzene rings is 1. The van der Waals surface area contributed by atoms with E-state index in [1.807, 2.05) is 12.3 Å². The van der Waals surface area contributed by atoms with Gasteiger partial charge in [0.1, 0.15) is 5.82 Å². The standard InChI is InChI=1S/C13H15BrFN3S/c1-8-17-12(7-19-8)6-11(18-16)4-9-2-3-10(15)5-13(9)14/h2-3,5,7,11,18H,4,6,16H2,1H3. The van der Waals surface area contributed by atoms with Gasteiger partial charge in [0.2, 0.25) is 0 Å². The Labute approximate surface area is 124 Å². The molecule has 2 aromatic rings. The molecule has 102 valence electrons. The molecule has 19 heavy (non-hydrogen) atoms. The quantitative estimate of drug-likeness (QED) is 0.648. The van der Waals surface area contributed by atoms with Gasteiger partial charge in [-0.1, -0.05) is 22.0 Å². The fourth-order valence-electron chi connectivity index (χ4n) is 1.90. The molecule has 3 nitrogen and oxygen atoms in total. The highest BCUT2D eigenvalue weighted by Crippen LogP contribution is 2.20. The van der Waals surface area contributed by atoms with Gasteiger partial charge in [-0.25, -0.2) is 9.37 Å². The van der Waals surface area contributed by atoms with E-state index in [4.69, 9.17) is 5.84 Å². The molecule has 0 aliphatic carbocycles. The average molecular weight is 344 g/mol. The molecule has 2 rings (SSSR count). The van der Waals surface area contributed by atoms with Crippen LogP contribution in [0.2, 0.25) is 0 Å². The van der Waals surface area contributed by atoms with Gasteiger partial charge in [-0.05, 0) is 31.0 Å². The van der Waals surface area contributed by atoms with Crippen LogP contribution in [0.15, 0.2) is 28.1 Å². The largest absolute Gasteiger partial charge is 0.271 e. The maximum atomic E-state index is 13.0. The van der Waals surface area contributed by atoms with Crippen LogP contribution in [0.3, 0.4) is 0 Å². The van der Waals surface area contributed by atoms with E-state index in [1.54, 1.807) is 17.4 Å². The molecule has 6 heteroatoms. The summed E-state index contributed by atoms with van der Waals surface area (Å²) in [5.41, 5.74) is 4.86. The molecule has 0 spiro atoms. The fraction of sp³-hybridized carbons (Fsp3) is 0.308. The number of aromatic nitrogens is 1. The topological polar surface area (TPSA) is 50.9 Å². The third-order valence-corrected chi connectivity index (χ3v) is 4.40. The molecule has 0 aliphatic heterocycles. The van der Waals surface area contributed by atoms with Crippen molar-refractivity contribution in [2.24, 2.45) is 5.84 Å². The second kappa shape index (κ2) is 6.56. The van der Waals surface area contributed by atoms with E-state index in [9.17, 15) is 4.39 Å². The Bertz CT molecular complexity index is 559. The molecule has 1 unspecified atom stereocenters. The lowest BCUT2D eigenvalue weighted by Gasteiger charge is -2.15. The van der Waals surface area contributed by atoms with Gasteiger partial charge in [0, 0.05) is 22.3 Å². The van der Waals surface area contributed by atoms with E-state index in [2.05, 4.69) is 26.3 Å². The maximum Gasteiger partial charge on any atom is 0.124 e. The highest BCUT2D eigenvalue weighted by molar-refractivity contribution is 9.10. The Hall–Kier alpha value is -0.820. The van der Waals surface area contributed by atoms with Crippen LogP contribution in [0.4, 0.5) is 4.39 Å². The molecule has 1 aromatic heterocycles. The molecule has 1 atom stereocenters. The summed E-state index contributed by atoms with van der Waals surface area (Å²) >= 11 is 5.00. The van der Waals surface area contributed by atoms with Gasteiger partial charge >= 0.3 is 0 Å². The number of halogens is 2. The zero-order valence-electron chi connectivity index (χ0n) is 10.5. The van der Waals surface area contributed by atoms with Crippen LogP contribution < -0.4 is 11.3 Å². The van der Waals surface area contributed by atoms with Crippen molar-refractivity contribution in [2.45, 2.75) is 25.8 Å². The minimum atomic E-state index is -0.247. The zero-order valence-corrected chi connectivity index (χ0v) is 12.9. The zero-order chi connectivity index (χ0) is 13.8. The molecular formula is C13H15BrFN3S. The predicted octanol–water partition coefficient (Wildman–Crippen LogP) is 2.97. The van der Waals surface area contributed by atoms with Gasteiger partial charge in [-0.15, -0.1) is 11.3 Å². The van der Waals surface area contributed by atoms with Gasteiger partial charge in [0.15, 0.2) is 0 Å². The van der Waals surface area contributed by atoms with Gasteiger partial charge in [-0.3, -0.25) is 11.3 Å². The third-order valence-electron chi connectivity index (χ3n) is 2.84.